The fourth-order valence-corrected chi connectivity index (χ4v) is 2.36. The Hall–Kier alpha value is -0.160. The molecule has 0 amide bonds. The predicted octanol–water partition coefficient (Wildman–Crippen LogP) is 2.30. The highest BCUT2D eigenvalue weighted by Gasteiger charge is 2.37. The summed E-state index contributed by atoms with van der Waals surface area (Å²) in [5, 5.41) is 9.30. The van der Waals surface area contributed by atoms with Gasteiger partial charge in [0, 0.05) is 38.3 Å². The molecule has 0 aliphatic carbocycles. The molecule has 0 aromatic heterocycles. The number of Topliss-reactive ketones (excluding diaryl/α,β-unsaturated/α-hetero) is 1. The molecule has 0 aromatic rings. The smallest absolute Gasteiger partial charge is 0.306 e. The first-order valence-corrected chi connectivity index (χ1v) is 5.61. The highest BCUT2D eigenvalue weighted by molar-refractivity contribution is 9.19. The first-order chi connectivity index (χ1) is 6.09. The van der Waals surface area contributed by atoms with Crippen LogP contribution in [-0.4, -0.2) is 26.6 Å². The largest absolute Gasteiger partial charge is 0.499 e. The molecule has 1 aliphatic heterocycles. The third kappa shape index (κ3) is 2.02. The minimum Gasteiger partial charge on any atom is -0.499 e. The number of aliphatic hydroxyl groups is 1. The summed E-state index contributed by atoms with van der Waals surface area (Å²) in [6, 6.07) is 0. The molecule has 1 rings (SSSR count). The van der Waals surface area contributed by atoms with E-state index in [1.807, 2.05) is 0 Å². The van der Waals surface area contributed by atoms with Crippen molar-refractivity contribution in [2.24, 2.45) is 0 Å². The molecule has 0 fully saturated rings. The Kier molecular flexibility index (Phi) is 3.67. The van der Waals surface area contributed by atoms with Crippen LogP contribution >= 0.6 is 31.9 Å². The van der Waals surface area contributed by atoms with E-state index in [-0.39, 0.29) is 11.5 Å². The first kappa shape index (κ1) is 10.9. The van der Waals surface area contributed by atoms with Crippen LogP contribution in [0, 0.1) is 0 Å². The Morgan fingerprint density at radius 1 is 1.46 bits per heavy atom. The minimum atomic E-state index is -0.358. The second kappa shape index (κ2) is 4.37. The van der Waals surface area contributed by atoms with Gasteiger partial charge in [0.15, 0.2) is 6.54 Å². The molecule has 72 valence electrons. The molecule has 1 heterocycles. The number of hydrogen-bond acceptors (Lipinski definition) is 2. The first-order valence-electron chi connectivity index (χ1n) is 4.03. The normalized spacial score (nSPS) is 17.6. The third-order valence-electron chi connectivity index (χ3n) is 1.81. The summed E-state index contributed by atoms with van der Waals surface area (Å²) in [4.78, 5) is 11.2. The maximum atomic E-state index is 11.2. The Bertz CT molecular complexity index is 307. The van der Waals surface area contributed by atoms with E-state index in [4.69, 9.17) is 0 Å². The van der Waals surface area contributed by atoms with Crippen molar-refractivity contribution < 1.29 is 14.5 Å². The van der Waals surface area contributed by atoms with E-state index in [1.165, 1.54) is 0 Å². The number of ketones is 1. The van der Waals surface area contributed by atoms with Crippen molar-refractivity contribution in [3.05, 3.63) is 10.4 Å². The van der Waals surface area contributed by atoms with Gasteiger partial charge in [-0.15, -0.1) is 0 Å². The van der Waals surface area contributed by atoms with Gasteiger partial charge < -0.3 is 5.11 Å². The summed E-state index contributed by atoms with van der Waals surface area (Å²) in [6.45, 7) is 2.80. The van der Waals surface area contributed by atoms with E-state index >= 15 is 0 Å². The lowest BCUT2D eigenvalue weighted by Crippen LogP contribution is -2.15. The van der Waals surface area contributed by atoms with Gasteiger partial charge in [-0.1, -0.05) is 13.3 Å². The quantitative estimate of drug-likeness (QED) is 0.642. The molecule has 0 bridgehead atoms. The topological polar surface area (TPSA) is 40.3 Å². The SMILES string of the molecule is CCCC[N+]1=C(Br)C(=O)C(O)=C1Br. The minimum absolute atomic E-state index is 0.219. The number of unbranched alkanes of at least 4 members (excludes halogenated alkanes) is 1. The summed E-state index contributed by atoms with van der Waals surface area (Å²) in [5.41, 5.74) is 0. The third-order valence-corrected chi connectivity index (χ3v) is 3.40. The predicted molar refractivity (Wildman–Crippen MR) is 57.6 cm³/mol. The van der Waals surface area contributed by atoms with E-state index in [1.54, 1.807) is 4.58 Å². The molecular formula is C8H10Br2NO2+. The van der Waals surface area contributed by atoms with Gasteiger partial charge in [0.25, 0.3) is 10.4 Å². The van der Waals surface area contributed by atoms with Crippen LogP contribution in [0.4, 0.5) is 0 Å². The molecular weight excluding hydrogens is 302 g/mol. The molecule has 0 radical (unpaired) electrons. The van der Waals surface area contributed by atoms with Crippen molar-refractivity contribution in [3.8, 4) is 0 Å². The standard InChI is InChI=1S/C8H9Br2NO2/c1-2-3-4-11-7(9)5(12)6(13)8(11)10/h2-4H2,1H3/p+1. The highest BCUT2D eigenvalue weighted by Crippen LogP contribution is 2.22. The van der Waals surface area contributed by atoms with Gasteiger partial charge in [0.2, 0.25) is 0 Å². The van der Waals surface area contributed by atoms with Crippen LogP contribution in [0.25, 0.3) is 0 Å². The fraction of sp³-hybridized carbons (Fsp3) is 0.500. The molecule has 0 saturated carbocycles. The Morgan fingerprint density at radius 2 is 2.08 bits per heavy atom. The maximum Gasteiger partial charge on any atom is 0.306 e. The molecule has 13 heavy (non-hydrogen) atoms. The van der Waals surface area contributed by atoms with E-state index in [9.17, 15) is 9.90 Å². The van der Waals surface area contributed by atoms with E-state index < -0.39 is 0 Å². The summed E-state index contributed by atoms with van der Waals surface area (Å²) in [6.07, 6.45) is 2.02. The lowest BCUT2D eigenvalue weighted by Gasteiger charge is -1.95. The Balaban J connectivity index is 2.88. The number of allylic oxidation sites excluding steroid dienone is 1. The summed E-state index contributed by atoms with van der Waals surface area (Å²) >= 11 is 6.31. The average Bonchev–Trinajstić information content (AvgIpc) is 2.30. The van der Waals surface area contributed by atoms with Crippen molar-refractivity contribution in [2.75, 3.05) is 6.54 Å². The van der Waals surface area contributed by atoms with E-state index in [0.717, 1.165) is 19.4 Å². The molecule has 3 nitrogen and oxygen atoms in total. The van der Waals surface area contributed by atoms with Crippen molar-refractivity contribution in [1.82, 2.24) is 0 Å². The number of halogens is 2. The molecule has 1 N–H and O–H groups in total. The molecule has 0 aromatic carbocycles. The second-order valence-corrected chi connectivity index (χ2v) is 4.27. The number of rotatable bonds is 3. The summed E-state index contributed by atoms with van der Waals surface area (Å²) < 4.78 is 2.59. The fourth-order valence-electron chi connectivity index (χ4n) is 1.04. The zero-order chi connectivity index (χ0) is 10.0. The highest BCUT2D eigenvalue weighted by atomic mass is 79.9. The van der Waals surface area contributed by atoms with Crippen LogP contribution in [0.2, 0.25) is 0 Å². The van der Waals surface area contributed by atoms with Crippen molar-refractivity contribution in [3.63, 3.8) is 0 Å². The van der Waals surface area contributed by atoms with Gasteiger partial charge >= 0.3 is 10.4 Å². The van der Waals surface area contributed by atoms with Crippen LogP contribution in [0.1, 0.15) is 19.8 Å². The van der Waals surface area contributed by atoms with Gasteiger partial charge in [-0.3, -0.25) is 4.79 Å². The van der Waals surface area contributed by atoms with Gasteiger partial charge in [-0.25, -0.2) is 0 Å². The number of nitrogens with zero attached hydrogens (tertiary/aromatic N) is 1. The molecule has 0 atom stereocenters. The average molecular weight is 312 g/mol. The van der Waals surface area contributed by atoms with Gasteiger partial charge in [-0.2, -0.15) is 4.58 Å². The Morgan fingerprint density at radius 3 is 2.46 bits per heavy atom. The van der Waals surface area contributed by atoms with E-state index in [2.05, 4.69) is 38.8 Å². The zero-order valence-corrected chi connectivity index (χ0v) is 10.4. The summed E-state index contributed by atoms with van der Waals surface area (Å²) in [7, 11) is 0. The van der Waals surface area contributed by atoms with Crippen LogP contribution in [0.5, 0.6) is 0 Å². The zero-order valence-electron chi connectivity index (χ0n) is 7.18. The van der Waals surface area contributed by atoms with Gasteiger partial charge in [-0.05, 0) is 0 Å². The maximum absolute atomic E-state index is 11.2. The monoisotopic (exact) mass is 310 g/mol. The number of carbonyl (C=O) groups excluding carboxylic acids is 1. The van der Waals surface area contributed by atoms with Crippen molar-refractivity contribution in [1.29, 1.82) is 0 Å². The lowest BCUT2D eigenvalue weighted by atomic mass is 10.3. The van der Waals surface area contributed by atoms with Crippen LogP contribution < -0.4 is 0 Å². The molecule has 0 unspecified atom stereocenters. The molecule has 5 heteroatoms. The van der Waals surface area contributed by atoms with Gasteiger partial charge in [0.05, 0.1) is 0 Å². The number of aliphatic hydroxyl groups excluding tert-OH is 1. The molecule has 0 saturated heterocycles. The molecule has 1 aliphatic rings. The number of hydrogen-bond donors (Lipinski definition) is 1. The van der Waals surface area contributed by atoms with Crippen molar-refractivity contribution >= 4 is 42.3 Å². The molecule has 0 spiro atoms. The second-order valence-electron chi connectivity index (χ2n) is 2.76. The summed E-state index contributed by atoms with van der Waals surface area (Å²) in [5.74, 6) is -0.578. The van der Waals surface area contributed by atoms with E-state index in [0.29, 0.717) is 9.23 Å². The van der Waals surface area contributed by atoms with Crippen molar-refractivity contribution in [2.45, 2.75) is 19.8 Å². The van der Waals surface area contributed by atoms with Crippen LogP contribution in [0.15, 0.2) is 10.4 Å². The Labute approximate surface area is 93.4 Å². The number of carbonyl (C=O) groups is 1. The lowest BCUT2D eigenvalue weighted by molar-refractivity contribution is -0.458. The van der Waals surface area contributed by atoms with Crippen LogP contribution in [0.3, 0.4) is 0 Å². The van der Waals surface area contributed by atoms with Crippen LogP contribution in [-0.2, 0) is 4.79 Å². The van der Waals surface area contributed by atoms with Gasteiger partial charge in [0.1, 0.15) is 0 Å².